The topological polar surface area (TPSA) is 128 Å². The average molecular weight is 947 g/mol. The molecule has 0 spiro atoms. The molecule has 11 nitrogen and oxygen atoms in total. The van der Waals surface area contributed by atoms with Crippen molar-refractivity contribution in [2.24, 2.45) is 54.1 Å². The molecule has 0 rings (SSSR count). The van der Waals surface area contributed by atoms with Crippen LogP contribution in [0.15, 0.2) is 0 Å². The molecule has 4 atom stereocenters. The molecule has 0 heterocycles. The van der Waals surface area contributed by atoms with Crippen LogP contribution in [0.25, 0.3) is 0 Å². The van der Waals surface area contributed by atoms with E-state index in [0.717, 1.165) is 25.9 Å². The number of hydrogen-bond acceptors (Lipinski definition) is 11. The van der Waals surface area contributed by atoms with E-state index >= 15 is 0 Å². The van der Waals surface area contributed by atoms with Gasteiger partial charge in [0.15, 0.2) is 0 Å². The van der Waals surface area contributed by atoms with Crippen molar-refractivity contribution in [2.45, 2.75) is 191 Å². The van der Waals surface area contributed by atoms with Crippen LogP contribution in [-0.2, 0) is 47.5 Å². The van der Waals surface area contributed by atoms with Gasteiger partial charge < -0.3 is 43.0 Å². The van der Waals surface area contributed by atoms with Crippen LogP contribution in [0.2, 0.25) is 0 Å². The summed E-state index contributed by atoms with van der Waals surface area (Å²) in [5.74, 6) is -0.455. The number of aliphatic hydroxyl groups is 1. The van der Waals surface area contributed by atoms with E-state index in [1.54, 1.807) is 0 Å². The van der Waals surface area contributed by atoms with E-state index in [0.29, 0.717) is 85.5 Å². The minimum atomic E-state index is -0.692. The van der Waals surface area contributed by atoms with Crippen LogP contribution in [0.5, 0.6) is 0 Å². The second kappa shape index (κ2) is 29.1. The summed E-state index contributed by atoms with van der Waals surface area (Å²) in [5, 5.41) is 10.3. The highest BCUT2D eigenvalue weighted by Gasteiger charge is 2.45. The Kier molecular flexibility index (Phi) is 29.4. The SMILES string of the molecule is CCC(COCCOCCOCC(CO)(CC(C)(C)C)C(C)(C)C)(CC(C)(C)C)C(C)(C)C.CCOC(=O)C(C)(COCCOCCOCC(C)(CC(C)(C)C)C(=O)OCC)CC(C)(C)C. The van der Waals surface area contributed by atoms with Gasteiger partial charge in [0, 0.05) is 5.41 Å². The van der Waals surface area contributed by atoms with Crippen LogP contribution in [-0.4, -0.2) is 116 Å². The predicted octanol–water partition coefficient (Wildman–Crippen LogP) is 12.4. The van der Waals surface area contributed by atoms with Crippen molar-refractivity contribution in [2.75, 3.05) is 99.1 Å². The van der Waals surface area contributed by atoms with Gasteiger partial charge in [0.05, 0.1) is 110 Å². The van der Waals surface area contributed by atoms with Gasteiger partial charge in [-0.05, 0) is 97.7 Å². The summed E-state index contributed by atoms with van der Waals surface area (Å²) in [6.45, 7) is 56.0. The monoisotopic (exact) mass is 947 g/mol. The van der Waals surface area contributed by atoms with Gasteiger partial charge in [-0.1, -0.05) is 132 Å². The van der Waals surface area contributed by atoms with Gasteiger partial charge in [-0.3, -0.25) is 9.59 Å². The normalized spacial score (nSPS) is 16.8. The summed E-state index contributed by atoms with van der Waals surface area (Å²) in [6.07, 6.45) is 4.50. The molecule has 0 aromatic heterocycles. The first-order valence-electron chi connectivity index (χ1n) is 25.2. The summed E-state index contributed by atoms with van der Waals surface area (Å²) >= 11 is 0. The Morgan fingerprint density at radius 2 is 0.621 bits per heavy atom. The molecule has 396 valence electrons. The molecule has 1 N–H and O–H groups in total. The molecular formula is C55H110O11. The van der Waals surface area contributed by atoms with Crippen molar-refractivity contribution in [3.63, 3.8) is 0 Å². The number of hydrogen-bond donors (Lipinski definition) is 1. The fraction of sp³-hybridized carbons (Fsp3) is 0.964. The summed E-state index contributed by atoms with van der Waals surface area (Å²) in [5.41, 5.74) is -1.01. The van der Waals surface area contributed by atoms with Crippen molar-refractivity contribution in [1.29, 1.82) is 0 Å². The fourth-order valence-corrected chi connectivity index (χ4v) is 9.31. The summed E-state index contributed by atoms with van der Waals surface area (Å²) in [7, 11) is 0. The third kappa shape index (κ3) is 27.7. The second-order valence-corrected chi connectivity index (χ2v) is 26.5. The van der Waals surface area contributed by atoms with Gasteiger partial charge >= 0.3 is 11.9 Å². The van der Waals surface area contributed by atoms with Gasteiger partial charge in [0.1, 0.15) is 0 Å². The molecule has 11 heteroatoms. The Labute approximate surface area is 407 Å². The van der Waals surface area contributed by atoms with Crippen molar-refractivity contribution >= 4 is 11.9 Å². The maximum absolute atomic E-state index is 12.5. The number of esters is 2. The van der Waals surface area contributed by atoms with Crippen molar-refractivity contribution in [1.82, 2.24) is 0 Å². The van der Waals surface area contributed by atoms with E-state index in [1.165, 1.54) is 0 Å². The van der Waals surface area contributed by atoms with Crippen LogP contribution in [0.3, 0.4) is 0 Å². The second-order valence-electron chi connectivity index (χ2n) is 26.5. The first-order valence-corrected chi connectivity index (χ1v) is 25.2. The first kappa shape index (κ1) is 66.7. The smallest absolute Gasteiger partial charge is 0.314 e. The molecule has 0 saturated heterocycles. The van der Waals surface area contributed by atoms with E-state index in [9.17, 15) is 14.7 Å². The maximum atomic E-state index is 12.5. The highest BCUT2D eigenvalue weighted by Crippen LogP contribution is 2.50. The lowest BCUT2D eigenvalue weighted by Gasteiger charge is -2.48. The zero-order valence-electron chi connectivity index (χ0n) is 47.7. The number of carbonyl (C=O) groups is 2. The summed E-state index contributed by atoms with van der Waals surface area (Å²) < 4.78 is 45.6. The van der Waals surface area contributed by atoms with E-state index in [-0.39, 0.29) is 75.1 Å². The van der Waals surface area contributed by atoms with Gasteiger partial charge in [0.25, 0.3) is 0 Å². The molecule has 0 aromatic rings. The van der Waals surface area contributed by atoms with Crippen molar-refractivity contribution in [3.05, 3.63) is 0 Å². The standard InChI is InChI=1S/C29H60O4.C26H50O7/c1-14-28(26(8,9)10,19-24(2,3)4)22-32-17-15-31-16-18-33-23-29(21-30,27(11,12)13)20-25(5,6)7;1-11-32-21(27)25(9,17-23(3,4)5)19-30-15-13-29-14-16-31-20-26(10,18-24(6,7)8)22(28)33-12-2/h30H,14-23H2,1-13H3;11-20H2,1-10H3. The van der Waals surface area contributed by atoms with Crippen LogP contribution < -0.4 is 0 Å². The van der Waals surface area contributed by atoms with E-state index in [4.69, 9.17) is 37.9 Å². The summed E-state index contributed by atoms with van der Waals surface area (Å²) in [6, 6.07) is 0. The lowest BCUT2D eigenvalue weighted by molar-refractivity contribution is -0.161. The van der Waals surface area contributed by atoms with Crippen LogP contribution in [0, 0.1) is 54.1 Å². The minimum absolute atomic E-state index is 0.0241. The fourth-order valence-electron chi connectivity index (χ4n) is 9.31. The quantitative estimate of drug-likeness (QED) is 0.0546. The largest absolute Gasteiger partial charge is 0.466 e. The predicted molar refractivity (Wildman–Crippen MR) is 272 cm³/mol. The van der Waals surface area contributed by atoms with Crippen LogP contribution in [0.4, 0.5) is 0 Å². The lowest BCUT2D eigenvalue weighted by Crippen LogP contribution is -2.46. The molecule has 0 aromatic carbocycles. The molecule has 0 aliphatic rings. The molecule has 0 saturated carbocycles. The number of carbonyl (C=O) groups excluding carboxylic acids is 2. The first-order chi connectivity index (χ1) is 29.8. The molecule has 0 amide bonds. The van der Waals surface area contributed by atoms with Crippen LogP contribution in [0.1, 0.15) is 191 Å². The lowest BCUT2D eigenvalue weighted by atomic mass is 9.59. The Bertz CT molecular complexity index is 1210. The molecule has 0 radical (unpaired) electrons. The molecular weight excluding hydrogens is 837 g/mol. The molecule has 0 aliphatic carbocycles. The molecule has 0 bridgehead atoms. The molecule has 0 aliphatic heterocycles. The molecule has 4 unspecified atom stereocenters. The molecule has 0 fully saturated rings. The maximum Gasteiger partial charge on any atom is 0.314 e. The number of rotatable bonds is 30. The number of ether oxygens (including phenoxy) is 8. The van der Waals surface area contributed by atoms with Crippen molar-refractivity contribution < 1.29 is 52.6 Å². The third-order valence-corrected chi connectivity index (χ3v) is 12.4. The Morgan fingerprint density at radius 1 is 0.364 bits per heavy atom. The molecule has 66 heavy (non-hydrogen) atoms. The van der Waals surface area contributed by atoms with Crippen LogP contribution >= 0.6 is 0 Å². The van der Waals surface area contributed by atoms with Gasteiger partial charge in [0.2, 0.25) is 0 Å². The van der Waals surface area contributed by atoms with E-state index in [2.05, 4.69) is 132 Å². The number of aliphatic hydroxyl groups excluding tert-OH is 1. The Balaban J connectivity index is 0. The summed E-state index contributed by atoms with van der Waals surface area (Å²) in [4.78, 5) is 24.9. The highest BCUT2D eigenvalue weighted by molar-refractivity contribution is 5.77. The highest BCUT2D eigenvalue weighted by atomic mass is 16.6. The Hall–Kier alpha value is -1.34. The van der Waals surface area contributed by atoms with Crippen molar-refractivity contribution in [3.8, 4) is 0 Å². The zero-order valence-corrected chi connectivity index (χ0v) is 47.7. The van der Waals surface area contributed by atoms with Gasteiger partial charge in [-0.15, -0.1) is 0 Å². The van der Waals surface area contributed by atoms with Gasteiger partial charge in [-0.2, -0.15) is 0 Å². The van der Waals surface area contributed by atoms with E-state index < -0.39 is 10.8 Å². The minimum Gasteiger partial charge on any atom is -0.466 e. The average Bonchev–Trinajstić information content (AvgIpc) is 3.12. The third-order valence-electron chi connectivity index (χ3n) is 12.4. The van der Waals surface area contributed by atoms with E-state index in [1.807, 2.05) is 27.7 Å². The zero-order chi connectivity index (χ0) is 52.0. The van der Waals surface area contributed by atoms with Gasteiger partial charge in [-0.25, -0.2) is 0 Å². The Morgan fingerprint density at radius 3 is 0.864 bits per heavy atom.